The highest BCUT2D eigenvalue weighted by molar-refractivity contribution is 8.01. The summed E-state index contributed by atoms with van der Waals surface area (Å²) in [5.74, 6) is -0.436. The molecule has 7 N–H and O–H groups in total. The van der Waals surface area contributed by atoms with E-state index in [-0.39, 0.29) is 11.6 Å². The number of carbonyl (C=O) groups is 1. The van der Waals surface area contributed by atoms with Gasteiger partial charge in [0.2, 0.25) is 11.9 Å². The third-order valence-electron chi connectivity index (χ3n) is 4.59. The maximum atomic E-state index is 13.1. The molecule has 0 aliphatic carbocycles. The summed E-state index contributed by atoms with van der Waals surface area (Å²) in [6, 6.07) is 2.43. The summed E-state index contributed by atoms with van der Waals surface area (Å²) in [7, 11) is 0. The van der Waals surface area contributed by atoms with Crippen molar-refractivity contribution in [2.45, 2.75) is 28.9 Å². The van der Waals surface area contributed by atoms with Gasteiger partial charge in [0.05, 0.1) is 22.3 Å². The molecule has 1 amide bonds. The molecule has 156 valence electrons. The minimum absolute atomic E-state index is 0.202. The lowest BCUT2D eigenvalue weighted by molar-refractivity contribution is -0.137. The number of anilines is 1. The van der Waals surface area contributed by atoms with Crippen molar-refractivity contribution in [3.63, 3.8) is 0 Å². The number of alkyl halides is 3. The number of halogens is 4. The van der Waals surface area contributed by atoms with Crippen molar-refractivity contribution in [3.8, 4) is 11.3 Å². The van der Waals surface area contributed by atoms with Gasteiger partial charge in [0.25, 0.3) is 0 Å². The molecule has 12 heteroatoms. The summed E-state index contributed by atoms with van der Waals surface area (Å²) in [6.07, 6.45) is -4.59. The van der Waals surface area contributed by atoms with Crippen molar-refractivity contribution in [2.75, 3.05) is 18.4 Å². The molecule has 1 aromatic carbocycles. The molecule has 2 unspecified atom stereocenters. The Morgan fingerprint density at radius 2 is 2.07 bits per heavy atom. The van der Waals surface area contributed by atoms with E-state index in [0.717, 1.165) is 23.9 Å². The van der Waals surface area contributed by atoms with Gasteiger partial charge in [0.15, 0.2) is 0 Å². The van der Waals surface area contributed by atoms with Crippen molar-refractivity contribution in [3.05, 3.63) is 34.3 Å². The lowest BCUT2D eigenvalue weighted by Gasteiger charge is -2.24. The predicted octanol–water partition coefficient (Wildman–Crippen LogP) is 2.54. The Morgan fingerprint density at radius 3 is 2.62 bits per heavy atom. The van der Waals surface area contributed by atoms with Crippen LogP contribution in [-0.4, -0.2) is 33.7 Å². The van der Waals surface area contributed by atoms with Gasteiger partial charge in [-0.25, -0.2) is 9.97 Å². The Hall–Kier alpha value is -2.08. The monoisotopic (exact) mass is 446 g/mol. The molecule has 2 heterocycles. The van der Waals surface area contributed by atoms with Crippen LogP contribution in [0, 0.1) is 0 Å². The maximum Gasteiger partial charge on any atom is 0.417 e. The summed E-state index contributed by atoms with van der Waals surface area (Å²) >= 11 is 6.96. The Balaban J connectivity index is 2.18. The van der Waals surface area contributed by atoms with Gasteiger partial charge in [-0.1, -0.05) is 29.4 Å². The van der Waals surface area contributed by atoms with Crippen molar-refractivity contribution in [1.82, 2.24) is 9.97 Å². The van der Waals surface area contributed by atoms with Crippen LogP contribution in [0.3, 0.4) is 0 Å². The number of nitrogens with zero attached hydrogens (tertiary/aromatic N) is 2. The van der Waals surface area contributed by atoms with E-state index in [1.807, 2.05) is 0 Å². The minimum Gasteiger partial charge on any atom is -0.368 e. The van der Waals surface area contributed by atoms with Gasteiger partial charge in [-0.15, -0.1) is 0 Å². The predicted molar refractivity (Wildman–Crippen MR) is 105 cm³/mol. The van der Waals surface area contributed by atoms with E-state index in [2.05, 4.69) is 15.3 Å². The molecule has 0 fully saturated rings. The first kappa shape index (κ1) is 21.6. The van der Waals surface area contributed by atoms with Crippen LogP contribution in [-0.2, 0) is 11.0 Å². The molecule has 0 saturated heterocycles. The molecular formula is C17H18ClF3N6OS. The average molecular weight is 447 g/mol. The number of amides is 1. The lowest BCUT2D eigenvalue weighted by atomic mass is 9.92. The van der Waals surface area contributed by atoms with E-state index < -0.39 is 33.5 Å². The zero-order valence-electron chi connectivity index (χ0n) is 15.2. The van der Waals surface area contributed by atoms with Gasteiger partial charge in [-0.3, -0.25) is 4.79 Å². The smallest absolute Gasteiger partial charge is 0.368 e. The molecule has 2 aromatic rings. The molecular weight excluding hydrogens is 429 g/mol. The number of primary amides is 1. The highest BCUT2D eigenvalue weighted by Gasteiger charge is 2.49. The Kier molecular flexibility index (Phi) is 5.69. The van der Waals surface area contributed by atoms with E-state index >= 15 is 0 Å². The summed E-state index contributed by atoms with van der Waals surface area (Å²) in [5, 5.41) is 2.87. The van der Waals surface area contributed by atoms with Crippen molar-refractivity contribution in [1.29, 1.82) is 0 Å². The first-order valence-electron chi connectivity index (χ1n) is 8.46. The molecule has 2 atom stereocenters. The lowest BCUT2D eigenvalue weighted by Crippen LogP contribution is -2.44. The Labute approximate surface area is 173 Å². The molecule has 0 saturated carbocycles. The Bertz CT molecular complexity index is 973. The number of hydrogen-bond donors (Lipinski definition) is 4. The van der Waals surface area contributed by atoms with Crippen LogP contribution in [0.25, 0.3) is 11.3 Å². The summed E-state index contributed by atoms with van der Waals surface area (Å²) < 4.78 is 38.0. The van der Waals surface area contributed by atoms with Crippen molar-refractivity contribution < 1.29 is 18.0 Å². The zero-order chi connectivity index (χ0) is 21.6. The van der Waals surface area contributed by atoms with E-state index in [4.69, 9.17) is 28.8 Å². The third kappa shape index (κ3) is 3.87. The molecule has 0 bridgehead atoms. The second kappa shape index (κ2) is 7.63. The highest BCUT2D eigenvalue weighted by atomic mass is 35.5. The Morgan fingerprint density at radius 1 is 1.38 bits per heavy atom. The fourth-order valence-corrected chi connectivity index (χ4v) is 4.43. The zero-order valence-corrected chi connectivity index (χ0v) is 16.8. The van der Waals surface area contributed by atoms with Crippen LogP contribution < -0.4 is 22.5 Å². The van der Waals surface area contributed by atoms with Gasteiger partial charge in [-0.2, -0.15) is 13.2 Å². The number of benzene rings is 1. The number of nitrogens with two attached hydrogens (primary N) is 3. The van der Waals surface area contributed by atoms with Gasteiger partial charge in [-0.05, 0) is 19.1 Å². The van der Waals surface area contributed by atoms with Gasteiger partial charge in [0.1, 0.15) is 9.77 Å². The number of carbonyl (C=O) groups excluding carboxylic acids is 1. The van der Waals surface area contributed by atoms with Crippen LogP contribution in [0.2, 0.25) is 5.02 Å². The van der Waals surface area contributed by atoms with Crippen LogP contribution in [0.15, 0.2) is 23.2 Å². The van der Waals surface area contributed by atoms with Crippen molar-refractivity contribution >= 4 is 35.2 Å². The van der Waals surface area contributed by atoms with Crippen LogP contribution >= 0.6 is 23.4 Å². The topological polar surface area (TPSA) is 133 Å². The van der Waals surface area contributed by atoms with E-state index in [1.54, 1.807) is 6.92 Å². The number of fused-ring (bicyclic) bond motifs is 1. The quantitative estimate of drug-likeness (QED) is 0.518. The standard InChI is InChI=1S/C17H18ClF3N6OS/c1-16(14(24)28)12(23)10-11(26-15(25-5-4-22)27-13(10)29-16)7-2-3-8(9(18)6-7)17(19,20)21/h2-3,6,12H,4-5,22-23H2,1H3,(H2,24,28)(H,25,26,27). The molecule has 0 radical (unpaired) electrons. The van der Waals surface area contributed by atoms with Gasteiger partial charge >= 0.3 is 6.18 Å². The fourth-order valence-electron chi connectivity index (χ4n) is 2.93. The van der Waals surface area contributed by atoms with Gasteiger partial charge in [0, 0.05) is 24.2 Å². The number of thioether (sulfide) groups is 1. The fraction of sp³-hybridized carbons (Fsp3) is 0.353. The van der Waals surface area contributed by atoms with Crippen LogP contribution in [0.4, 0.5) is 19.1 Å². The number of aromatic nitrogens is 2. The molecule has 1 aromatic heterocycles. The van der Waals surface area contributed by atoms with E-state index in [0.29, 0.717) is 29.2 Å². The number of nitrogens with one attached hydrogen (secondary N) is 1. The van der Waals surface area contributed by atoms with Gasteiger partial charge < -0.3 is 22.5 Å². The summed E-state index contributed by atoms with van der Waals surface area (Å²) in [6.45, 7) is 2.27. The highest BCUT2D eigenvalue weighted by Crippen LogP contribution is 2.52. The number of hydrogen-bond acceptors (Lipinski definition) is 7. The molecule has 3 rings (SSSR count). The average Bonchev–Trinajstić information content (AvgIpc) is 2.90. The normalized spacial score (nSPS) is 21.1. The molecule has 1 aliphatic heterocycles. The summed E-state index contributed by atoms with van der Waals surface area (Å²) in [4.78, 5) is 20.8. The number of rotatable bonds is 5. The largest absolute Gasteiger partial charge is 0.417 e. The third-order valence-corrected chi connectivity index (χ3v) is 6.28. The SMILES string of the molecule is CC1(C(N)=O)Sc2nc(NCCN)nc(-c3ccc(C(F)(F)F)c(Cl)c3)c2C1N. The first-order valence-corrected chi connectivity index (χ1v) is 9.66. The van der Waals surface area contributed by atoms with Crippen LogP contribution in [0.1, 0.15) is 24.1 Å². The molecule has 0 spiro atoms. The molecule has 7 nitrogen and oxygen atoms in total. The first-order chi connectivity index (χ1) is 13.5. The maximum absolute atomic E-state index is 13.1. The molecule has 1 aliphatic rings. The molecule has 29 heavy (non-hydrogen) atoms. The summed E-state index contributed by atoms with van der Waals surface area (Å²) in [5.41, 5.74) is 17.4. The second-order valence-electron chi connectivity index (χ2n) is 6.57. The minimum atomic E-state index is -4.59. The van der Waals surface area contributed by atoms with Crippen molar-refractivity contribution in [2.24, 2.45) is 17.2 Å². The second-order valence-corrected chi connectivity index (χ2v) is 8.42. The van der Waals surface area contributed by atoms with Crippen LogP contribution in [0.5, 0.6) is 0 Å². The van der Waals surface area contributed by atoms with E-state index in [1.165, 1.54) is 6.07 Å². The van der Waals surface area contributed by atoms with E-state index in [9.17, 15) is 18.0 Å².